The molecule has 2 aromatic carbocycles. The normalized spacial score (nSPS) is 19.7. The second-order valence-corrected chi connectivity index (χ2v) is 7.52. The molecule has 29 heavy (non-hydrogen) atoms. The monoisotopic (exact) mass is 400 g/mol. The molecule has 0 saturated heterocycles. The first kappa shape index (κ1) is 20.8. The number of carbonyl (C=O) groups excluding carboxylic acids is 1. The minimum atomic E-state index is -1.01. The predicted molar refractivity (Wildman–Crippen MR) is 107 cm³/mol. The van der Waals surface area contributed by atoms with Crippen molar-refractivity contribution in [2.75, 3.05) is 11.9 Å². The lowest BCUT2D eigenvalue weighted by Gasteiger charge is -2.41. The Balaban J connectivity index is 1.93. The summed E-state index contributed by atoms with van der Waals surface area (Å²) in [5.74, 6) is -0.182. The molecule has 1 heterocycles. The Morgan fingerprint density at radius 3 is 2.62 bits per heavy atom. The summed E-state index contributed by atoms with van der Waals surface area (Å²) in [5, 5.41) is 24.7. The van der Waals surface area contributed by atoms with Gasteiger partial charge in [-0.2, -0.15) is 0 Å². The third kappa shape index (κ3) is 4.55. The van der Waals surface area contributed by atoms with Gasteiger partial charge in [-0.05, 0) is 31.9 Å². The Morgan fingerprint density at radius 2 is 2.00 bits per heavy atom. The second kappa shape index (κ2) is 8.18. The van der Waals surface area contributed by atoms with E-state index in [0.717, 1.165) is 5.56 Å². The van der Waals surface area contributed by atoms with Gasteiger partial charge in [-0.25, -0.2) is 0 Å². The van der Waals surface area contributed by atoms with Crippen molar-refractivity contribution in [3.63, 3.8) is 0 Å². The Labute approximate surface area is 168 Å². The van der Waals surface area contributed by atoms with E-state index in [2.05, 4.69) is 5.32 Å². The molecule has 1 aliphatic rings. The maximum absolute atomic E-state index is 11.5. The fourth-order valence-corrected chi connectivity index (χ4v) is 3.35. The molecule has 2 aromatic rings. The molecule has 1 aliphatic heterocycles. The van der Waals surface area contributed by atoms with Gasteiger partial charge in [0.15, 0.2) is 0 Å². The summed E-state index contributed by atoms with van der Waals surface area (Å²) < 4.78 is 11.8. The molecule has 0 spiro atoms. The van der Waals surface area contributed by atoms with Crippen LogP contribution in [0.4, 0.5) is 11.4 Å². The molecule has 2 unspecified atom stereocenters. The first-order valence-corrected chi connectivity index (χ1v) is 9.31. The maximum Gasteiger partial charge on any atom is 0.296 e. The molecule has 0 radical (unpaired) electrons. The number of rotatable bonds is 6. The first-order valence-electron chi connectivity index (χ1n) is 9.31. The van der Waals surface area contributed by atoms with Gasteiger partial charge in [0.2, 0.25) is 5.91 Å². The molecule has 0 aromatic heterocycles. The van der Waals surface area contributed by atoms with Crippen LogP contribution in [0, 0.1) is 10.1 Å². The van der Waals surface area contributed by atoms with Crippen molar-refractivity contribution in [1.29, 1.82) is 0 Å². The fraction of sp³-hybridized carbons (Fsp3) is 0.381. The number of benzene rings is 2. The first-order chi connectivity index (χ1) is 13.7. The quantitative estimate of drug-likeness (QED) is 0.568. The van der Waals surface area contributed by atoms with Crippen LogP contribution in [0.25, 0.3) is 0 Å². The summed E-state index contributed by atoms with van der Waals surface area (Å²) in [4.78, 5) is 22.3. The summed E-state index contributed by atoms with van der Waals surface area (Å²) in [5.41, 5.74) is 0.298. The smallest absolute Gasteiger partial charge is 0.296 e. The van der Waals surface area contributed by atoms with Crippen LogP contribution < -0.4 is 10.1 Å². The average molecular weight is 400 g/mol. The lowest BCUT2D eigenvalue weighted by Crippen LogP contribution is -2.49. The zero-order chi connectivity index (χ0) is 21.2. The van der Waals surface area contributed by atoms with Crippen LogP contribution in [0.2, 0.25) is 0 Å². The average Bonchev–Trinajstić information content (AvgIpc) is 2.65. The molecule has 3 rings (SSSR count). The van der Waals surface area contributed by atoms with Crippen molar-refractivity contribution in [2.45, 2.75) is 45.0 Å². The second-order valence-electron chi connectivity index (χ2n) is 7.52. The van der Waals surface area contributed by atoms with Crippen LogP contribution in [0.3, 0.4) is 0 Å². The van der Waals surface area contributed by atoms with E-state index in [1.165, 1.54) is 19.1 Å². The van der Waals surface area contributed by atoms with Crippen LogP contribution in [0.1, 0.15) is 38.0 Å². The van der Waals surface area contributed by atoms with E-state index in [-0.39, 0.29) is 17.1 Å². The molecule has 1 amide bonds. The molecule has 0 bridgehead atoms. The van der Waals surface area contributed by atoms with E-state index in [1.807, 2.05) is 30.3 Å². The number of nitrogens with one attached hydrogen (secondary N) is 1. The number of nitro groups is 1. The van der Waals surface area contributed by atoms with Crippen LogP contribution in [-0.4, -0.2) is 34.2 Å². The van der Waals surface area contributed by atoms with E-state index in [4.69, 9.17) is 9.47 Å². The van der Waals surface area contributed by atoms with Crippen molar-refractivity contribution in [2.24, 2.45) is 0 Å². The molecule has 8 nitrogen and oxygen atoms in total. The van der Waals surface area contributed by atoms with E-state index in [9.17, 15) is 20.0 Å². The number of nitrogens with zero attached hydrogens (tertiary/aromatic N) is 1. The van der Waals surface area contributed by atoms with Crippen molar-refractivity contribution in [3.05, 3.63) is 63.7 Å². The summed E-state index contributed by atoms with van der Waals surface area (Å²) in [6.07, 6.45) is -1.12. The predicted octanol–water partition coefficient (Wildman–Crippen LogP) is 3.39. The van der Waals surface area contributed by atoms with Crippen LogP contribution in [0.15, 0.2) is 42.5 Å². The van der Waals surface area contributed by atoms with E-state index in [0.29, 0.717) is 18.6 Å². The third-order valence-corrected chi connectivity index (χ3v) is 4.85. The molecule has 8 heteroatoms. The largest absolute Gasteiger partial charge is 0.484 e. The number of hydrogen-bond donors (Lipinski definition) is 2. The number of aliphatic hydroxyl groups excluding tert-OH is 1. The Hall–Kier alpha value is -2.97. The number of aliphatic hydroxyl groups is 1. The number of amides is 1. The van der Waals surface area contributed by atoms with E-state index in [1.54, 1.807) is 13.8 Å². The lowest BCUT2D eigenvalue weighted by atomic mass is 9.88. The molecular weight excluding hydrogens is 376 g/mol. The number of anilines is 1. The SMILES string of the molecule is CC(=O)Nc1cc2c(cc1[N+](=O)[O-])OC(C)(C)C(O)C2OCCc1ccccc1. The highest BCUT2D eigenvalue weighted by Crippen LogP contribution is 2.45. The zero-order valence-electron chi connectivity index (χ0n) is 16.5. The maximum atomic E-state index is 11.5. The minimum absolute atomic E-state index is 0.0356. The Morgan fingerprint density at radius 1 is 1.31 bits per heavy atom. The van der Waals surface area contributed by atoms with Gasteiger partial charge in [-0.15, -0.1) is 0 Å². The minimum Gasteiger partial charge on any atom is -0.484 e. The highest BCUT2D eigenvalue weighted by atomic mass is 16.6. The van der Waals surface area contributed by atoms with Gasteiger partial charge in [-0.3, -0.25) is 14.9 Å². The molecule has 0 saturated carbocycles. The van der Waals surface area contributed by atoms with Crippen molar-refractivity contribution < 1.29 is 24.3 Å². The van der Waals surface area contributed by atoms with Crippen LogP contribution >= 0.6 is 0 Å². The molecule has 0 aliphatic carbocycles. The lowest BCUT2D eigenvalue weighted by molar-refractivity contribution is -0.384. The van der Waals surface area contributed by atoms with Gasteiger partial charge in [0.1, 0.15) is 29.2 Å². The van der Waals surface area contributed by atoms with Gasteiger partial charge < -0.3 is 19.9 Å². The number of fused-ring (bicyclic) bond motifs is 1. The van der Waals surface area contributed by atoms with Gasteiger partial charge in [0.25, 0.3) is 5.69 Å². The number of hydrogen-bond acceptors (Lipinski definition) is 6. The molecule has 154 valence electrons. The standard InChI is InChI=1S/C21H24N2O6/c1-13(24)22-16-11-15-18(12-17(16)23(26)27)29-21(2,3)20(25)19(15)28-10-9-14-7-5-4-6-8-14/h4-8,11-12,19-20,25H,9-10H2,1-3H3,(H,22,24). The van der Waals surface area contributed by atoms with Crippen LogP contribution in [-0.2, 0) is 16.0 Å². The third-order valence-electron chi connectivity index (χ3n) is 4.85. The molecule has 2 N–H and O–H groups in total. The number of ether oxygens (including phenoxy) is 2. The van der Waals surface area contributed by atoms with Crippen LogP contribution in [0.5, 0.6) is 5.75 Å². The highest BCUT2D eigenvalue weighted by Gasteiger charge is 2.44. The summed E-state index contributed by atoms with van der Waals surface area (Å²) in [7, 11) is 0. The summed E-state index contributed by atoms with van der Waals surface area (Å²) >= 11 is 0. The van der Waals surface area contributed by atoms with E-state index >= 15 is 0 Å². The van der Waals surface area contributed by atoms with Crippen molar-refractivity contribution >= 4 is 17.3 Å². The summed E-state index contributed by atoms with van der Waals surface area (Å²) in [6, 6.07) is 12.5. The number of nitro benzene ring substituents is 1. The van der Waals surface area contributed by atoms with Crippen molar-refractivity contribution in [1.82, 2.24) is 0 Å². The fourth-order valence-electron chi connectivity index (χ4n) is 3.35. The van der Waals surface area contributed by atoms with Gasteiger partial charge in [-0.1, -0.05) is 30.3 Å². The number of carbonyl (C=O) groups is 1. The highest BCUT2D eigenvalue weighted by molar-refractivity contribution is 5.91. The Kier molecular flexibility index (Phi) is 5.86. The zero-order valence-corrected chi connectivity index (χ0v) is 16.5. The topological polar surface area (TPSA) is 111 Å². The van der Waals surface area contributed by atoms with E-state index < -0.39 is 28.6 Å². The van der Waals surface area contributed by atoms with Gasteiger partial charge >= 0.3 is 0 Å². The molecule has 0 fully saturated rings. The summed E-state index contributed by atoms with van der Waals surface area (Å²) in [6.45, 7) is 5.00. The molecular formula is C21H24N2O6. The Bertz CT molecular complexity index is 913. The van der Waals surface area contributed by atoms with Crippen molar-refractivity contribution in [3.8, 4) is 5.75 Å². The van der Waals surface area contributed by atoms with Gasteiger partial charge in [0.05, 0.1) is 17.6 Å². The van der Waals surface area contributed by atoms with Gasteiger partial charge in [0, 0.05) is 12.5 Å². The molecule has 2 atom stereocenters.